The van der Waals surface area contributed by atoms with Crippen molar-refractivity contribution < 1.29 is 24.1 Å². The van der Waals surface area contributed by atoms with E-state index in [1.807, 2.05) is 43.9 Å². The molecule has 2 aliphatic heterocycles. The Balaban J connectivity index is 1.82. The van der Waals surface area contributed by atoms with Gasteiger partial charge in [-0.3, -0.25) is 0 Å². The molecule has 1 aromatic carbocycles. The first-order chi connectivity index (χ1) is 12.2. The normalized spacial score (nSPS) is 28.0. The maximum Gasteiger partial charge on any atom is 0.410 e. The number of ether oxygens (including phenoxy) is 3. The third-order valence-electron chi connectivity index (χ3n) is 5.29. The number of fused-ring (bicyclic) bond motifs is 2. The predicted molar refractivity (Wildman–Crippen MR) is 97.6 cm³/mol. The molecule has 26 heavy (non-hydrogen) atoms. The molecule has 3 rings (SSSR count). The van der Waals surface area contributed by atoms with Gasteiger partial charge in [-0.15, -0.1) is 0 Å². The van der Waals surface area contributed by atoms with Crippen molar-refractivity contribution in [2.75, 3.05) is 14.2 Å². The summed E-state index contributed by atoms with van der Waals surface area (Å²) < 4.78 is 16.2. The largest absolute Gasteiger partial charge is 0.493 e. The number of carbonyl (C=O) groups is 1. The molecular weight excluding hydrogens is 334 g/mol. The summed E-state index contributed by atoms with van der Waals surface area (Å²) in [5.41, 5.74) is -0.701. The van der Waals surface area contributed by atoms with E-state index in [1.54, 1.807) is 14.2 Å². The molecule has 0 spiro atoms. The average molecular weight is 363 g/mol. The molecule has 1 N–H and O–H groups in total. The monoisotopic (exact) mass is 363 g/mol. The molecule has 1 aromatic rings. The van der Waals surface area contributed by atoms with Gasteiger partial charge in [0, 0.05) is 24.9 Å². The lowest BCUT2D eigenvalue weighted by molar-refractivity contribution is -0.0625. The van der Waals surface area contributed by atoms with Crippen LogP contribution < -0.4 is 9.47 Å². The lowest BCUT2D eigenvalue weighted by atomic mass is 9.80. The summed E-state index contributed by atoms with van der Waals surface area (Å²) in [6.45, 7) is 5.62. The average Bonchev–Trinajstić information content (AvgIpc) is 2.85. The summed E-state index contributed by atoms with van der Waals surface area (Å²) in [5, 5.41) is 11.4. The molecule has 0 radical (unpaired) electrons. The first kappa shape index (κ1) is 18.8. The van der Waals surface area contributed by atoms with E-state index in [4.69, 9.17) is 14.2 Å². The lowest BCUT2D eigenvalue weighted by Crippen LogP contribution is -2.53. The van der Waals surface area contributed by atoms with Gasteiger partial charge in [0.2, 0.25) is 0 Å². The van der Waals surface area contributed by atoms with Crippen LogP contribution in [0.2, 0.25) is 0 Å². The summed E-state index contributed by atoms with van der Waals surface area (Å²) in [7, 11) is 3.17. The Morgan fingerprint density at radius 2 is 1.69 bits per heavy atom. The van der Waals surface area contributed by atoms with Crippen molar-refractivity contribution in [2.24, 2.45) is 0 Å². The molecule has 0 aromatic heterocycles. The number of piperidine rings is 1. The van der Waals surface area contributed by atoms with Crippen LogP contribution in [0.1, 0.15) is 52.0 Å². The highest BCUT2D eigenvalue weighted by atomic mass is 16.6. The van der Waals surface area contributed by atoms with Gasteiger partial charge in [0.25, 0.3) is 0 Å². The second kappa shape index (κ2) is 6.65. The van der Waals surface area contributed by atoms with Crippen LogP contribution in [0.15, 0.2) is 18.2 Å². The van der Waals surface area contributed by atoms with Gasteiger partial charge in [0.15, 0.2) is 11.5 Å². The van der Waals surface area contributed by atoms with Crippen molar-refractivity contribution in [2.45, 2.75) is 69.7 Å². The molecule has 2 bridgehead atoms. The van der Waals surface area contributed by atoms with Crippen molar-refractivity contribution in [3.8, 4) is 11.5 Å². The SMILES string of the molecule is COc1ccc(C2(O)CC3CCC(C2)N3C(=O)OC(C)(C)C)cc1OC. The summed E-state index contributed by atoms with van der Waals surface area (Å²) in [6.07, 6.45) is 2.49. The van der Waals surface area contributed by atoms with Crippen molar-refractivity contribution in [1.82, 2.24) is 4.90 Å². The number of amides is 1. The summed E-state index contributed by atoms with van der Waals surface area (Å²) in [4.78, 5) is 14.4. The van der Waals surface area contributed by atoms with Crippen molar-refractivity contribution >= 4 is 6.09 Å². The van der Waals surface area contributed by atoms with Gasteiger partial charge in [-0.1, -0.05) is 6.07 Å². The second-order valence-electron chi connectivity index (χ2n) is 8.28. The molecule has 2 fully saturated rings. The van der Waals surface area contributed by atoms with Crippen LogP contribution in [-0.2, 0) is 10.3 Å². The molecule has 6 heteroatoms. The van der Waals surface area contributed by atoms with Crippen LogP contribution in [0.5, 0.6) is 11.5 Å². The van der Waals surface area contributed by atoms with Crippen LogP contribution in [-0.4, -0.2) is 48.0 Å². The maximum atomic E-state index is 12.6. The fraction of sp³-hybridized carbons (Fsp3) is 0.650. The molecule has 2 unspecified atom stereocenters. The van der Waals surface area contributed by atoms with Gasteiger partial charge in [-0.25, -0.2) is 4.79 Å². The van der Waals surface area contributed by atoms with Crippen LogP contribution >= 0.6 is 0 Å². The molecule has 1 amide bonds. The lowest BCUT2D eigenvalue weighted by Gasteiger charge is -2.44. The van der Waals surface area contributed by atoms with Crippen molar-refractivity contribution in [3.63, 3.8) is 0 Å². The van der Waals surface area contributed by atoms with E-state index in [0.717, 1.165) is 18.4 Å². The zero-order chi connectivity index (χ0) is 19.1. The third-order valence-corrected chi connectivity index (χ3v) is 5.29. The fourth-order valence-electron chi connectivity index (χ4n) is 4.20. The van der Waals surface area contributed by atoms with E-state index in [9.17, 15) is 9.90 Å². The van der Waals surface area contributed by atoms with Crippen LogP contribution in [0.4, 0.5) is 4.79 Å². The summed E-state index contributed by atoms with van der Waals surface area (Å²) >= 11 is 0. The third kappa shape index (κ3) is 3.47. The Morgan fingerprint density at radius 3 is 2.19 bits per heavy atom. The Bertz CT molecular complexity index is 667. The van der Waals surface area contributed by atoms with Crippen LogP contribution in [0.3, 0.4) is 0 Å². The molecule has 2 saturated heterocycles. The number of hydrogen-bond acceptors (Lipinski definition) is 5. The zero-order valence-corrected chi connectivity index (χ0v) is 16.2. The number of carbonyl (C=O) groups excluding carboxylic acids is 1. The van der Waals surface area contributed by atoms with Gasteiger partial charge >= 0.3 is 6.09 Å². The highest BCUT2D eigenvalue weighted by Crippen LogP contribution is 2.47. The highest BCUT2D eigenvalue weighted by Gasteiger charge is 2.51. The number of rotatable bonds is 3. The summed E-state index contributed by atoms with van der Waals surface area (Å²) in [5.74, 6) is 1.23. The van der Waals surface area contributed by atoms with E-state index < -0.39 is 11.2 Å². The minimum absolute atomic E-state index is 0.0123. The topological polar surface area (TPSA) is 68.2 Å². The Hall–Kier alpha value is -1.95. The van der Waals surface area contributed by atoms with E-state index >= 15 is 0 Å². The number of hydrogen-bond donors (Lipinski definition) is 1. The maximum absolute atomic E-state index is 12.6. The Kier molecular flexibility index (Phi) is 4.82. The van der Waals surface area contributed by atoms with E-state index in [2.05, 4.69) is 0 Å². The molecule has 2 atom stereocenters. The molecule has 144 valence electrons. The fourth-order valence-corrected chi connectivity index (χ4v) is 4.20. The first-order valence-electron chi connectivity index (χ1n) is 9.13. The molecule has 6 nitrogen and oxygen atoms in total. The minimum Gasteiger partial charge on any atom is -0.493 e. The molecular formula is C20H29NO5. The highest BCUT2D eigenvalue weighted by molar-refractivity contribution is 5.70. The van der Waals surface area contributed by atoms with E-state index in [1.165, 1.54) is 0 Å². The Morgan fingerprint density at radius 1 is 1.12 bits per heavy atom. The summed E-state index contributed by atoms with van der Waals surface area (Å²) in [6, 6.07) is 5.50. The first-order valence-corrected chi connectivity index (χ1v) is 9.13. The van der Waals surface area contributed by atoms with Crippen molar-refractivity contribution in [1.29, 1.82) is 0 Å². The number of methoxy groups -OCH3 is 2. The minimum atomic E-state index is -0.982. The molecule has 2 aliphatic rings. The number of benzene rings is 1. The van der Waals surface area contributed by atoms with Gasteiger partial charge in [0.05, 0.1) is 19.8 Å². The molecule has 0 aliphatic carbocycles. The van der Waals surface area contributed by atoms with Gasteiger partial charge in [0.1, 0.15) is 5.60 Å². The zero-order valence-electron chi connectivity index (χ0n) is 16.2. The smallest absolute Gasteiger partial charge is 0.410 e. The van der Waals surface area contributed by atoms with Crippen LogP contribution in [0.25, 0.3) is 0 Å². The number of nitrogens with zero attached hydrogens (tertiary/aromatic N) is 1. The predicted octanol–water partition coefficient (Wildman–Crippen LogP) is 3.45. The van der Waals surface area contributed by atoms with E-state index in [0.29, 0.717) is 24.3 Å². The molecule has 0 saturated carbocycles. The number of aliphatic hydroxyl groups is 1. The quantitative estimate of drug-likeness (QED) is 0.891. The van der Waals surface area contributed by atoms with Gasteiger partial charge in [-0.2, -0.15) is 0 Å². The van der Waals surface area contributed by atoms with Gasteiger partial charge < -0.3 is 24.2 Å². The van der Waals surface area contributed by atoms with Crippen molar-refractivity contribution in [3.05, 3.63) is 23.8 Å². The van der Waals surface area contributed by atoms with Crippen LogP contribution in [0, 0.1) is 0 Å². The standard InChI is InChI=1S/C20H29NO5/c1-19(2,3)26-18(22)21-14-7-8-15(21)12-20(23,11-14)13-6-9-16(24-4)17(10-13)25-5/h6,9-10,14-15,23H,7-8,11-12H2,1-5H3. The molecule has 2 heterocycles. The van der Waals surface area contributed by atoms with Gasteiger partial charge in [-0.05, 0) is 51.3 Å². The second-order valence-corrected chi connectivity index (χ2v) is 8.28. The Labute approximate surface area is 155 Å². The van der Waals surface area contributed by atoms with E-state index in [-0.39, 0.29) is 18.2 Å².